The van der Waals surface area contributed by atoms with Gasteiger partial charge < -0.3 is 10.4 Å². The van der Waals surface area contributed by atoms with Crippen molar-refractivity contribution in [3.63, 3.8) is 0 Å². The predicted octanol–water partition coefficient (Wildman–Crippen LogP) is 0.780. The Morgan fingerprint density at radius 3 is 2.54 bits per heavy atom. The van der Waals surface area contributed by atoms with Gasteiger partial charge in [-0.1, -0.05) is 31.4 Å². The second-order valence-corrected chi connectivity index (χ2v) is 2.62. The van der Waals surface area contributed by atoms with Gasteiger partial charge in [-0.3, -0.25) is 4.79 Å². The molecule has 3 heteroatoms. The zero-order valence-electron chi connectivity index (χ0n) is 7.73. The van der Waals surface area contributed by atoms with Gasteiger partial charge in [0.2, 0.25) is 6.41 Å². The fraction of sp³-hybridized carbons (Fsp3) is 0.300. The normalized spacial score (nSPS) is 15.7. The van der Waals surface area contributed by atoms with Crippen molar-refractivity contribution in [2.24, 2.45) is 0 Å². The molecule has 3 nitrogen and oxygen atoms in total. The van der Waals surface area contributed by atoms with E-state index >= 15 is 0 Å². The van der Waals surface area contributed by atoms with Gasteiger partial charge in [0.25, 0.3) is 0 Å². The maximum atomic E-state index is 10.1. The van der Waals surface area contributed by atoms with E-state index < -0.39 is 6.10 Å². The highest BCUT2D eigenvalue weighted by Gasteiger charge is 2.14. The van der Waals surface area contributed by atoms with Crippen LogP contribution in [0.15, 0.2) is 37.0 Å². The highest BCUT2D eigenvalue weighted by Crippen LogP contribution is 2.07. The molecule has 0 fully saturated rings. The molecule has 2 unspecified atom stereocenters. The first-order chi connectivity index (χ1) is 6.17. The van der Waals surface area contributed by atoms with Gasteiger partial charge in [-0.05, 0) is 12.5 Å². The van der Waals surface area contributed by atoms with Gasteiger partial charge in [0, 0.05) is 0 Å². The van der Waals surface area contributed by atoms with E-state index in [-0.39, 0.29) is 6.04 Å². The topological polar surface area (TPSA) is 49.3 Å². The van der Waals surface area contributed by atoms with E-state index in [0.717, 1.165) is 0 Å². The van der Waals surface area contributed by atoms with Crippen molar-refractivity contribution >= 4 is 6.41 Å². The summed E-state index contributed by atoms with van der Waals surface area (Å²) in [5.74, 6) is 0. The average molecular weight is 181 g/mol. The minimum atomic E-state index is -0.749. The molecule has 0 saturated carbocycles. The third kappa shape index (κ3) is 3.71. The first-order valence-corrected chi connectivity index (χ1v) is 4.00. The maximum Gasteiger partial charge on any atom is 0.207 e. The molecule has 0 heterocycles. The Morgan fingerprint density at radius 1 is 1.54 bits per heavy atom. The van der Waals surface area contributed by atoms with Gasteiger partial charge in [-0.15, -0.1) is 0 Å². The second-order valence-electron chi connectivity index (χ2n) is 2.62. The Hall–Kier alpha value is -1.35. The third-order valence-corrected chi connectivity index (χ3v) is 1.69. The van der Waals surface area contributed by atoms with E-state index in [9.17, 15) is 9.90 Å². The number of rotatable bonds is 6. The van der Waals surface area contributed by atoms with Gasteiger partial charge >= 0.3 is 0 Å². The second kappa shape index (κ2) is 6.20. The molecular weight excluding hydrogens is 166 g/mol. The van der Waals surface area contributed by atoms with Crippen LogP contribution in [0.25, 0.3) is 0 Å². The molecule has 0 spiro atoms. The highest BCUT2D eigenvalue weighted by molar-refractivity contribution is 5.47. The first-order valence-electron chi connectivity index (χ1n) is 4.00. The summed E-state index contributed by atoms with van der Waals surface area (Å²) in [5, 5.41) is 12.1. The van der Waals surface area contributed by atoms with E-state index in [2.05, 4.69) is 18.5 Å². The van der Waals surface area contributed by atoms with Crippen LogP contribution in [0, 0.1) is 0 Å². The average Bonchev–Trinajstić information content (AvgIpc) is 2.13. The number of amides is 1. The lowest BCUT2D eigenvalue weighted by Crippen LogP contribution is -2.37. The molecule has 0 aliphatic heterocycles. The molecule has 2 N–H and O–H groups in total. The Kier molecular flexibility index (Phi) is 5.55. The molecule has 0 aliphatic rings. The van der Waals surface area contributed by atoms with Crippen molar-refractivity contribution < 1.29 is 9.90 Å². The Bertz CT molecular complexity index is 221. The number of nitrogens with one attached hydrogen (secondary N) is 1. The van der Waals surface area contributed by atoms with Crippen LogP contribution >= 0.6 is 0 Å². The van der Waals surface area contributed by atoms with Crippen molar-refractivity contribution in [1.82, 2.24) is 5.32 Å². The van der Waals surface area contributed by atoms with E-state index in [0.29, 0.717) is 12.0 Å². The fourth-order valence-electron chi connectivity index (χ4n) is 0.911. The van der Waals surface area contributed by atoms with Crippen LogP contribution in [0.2, 0.25) is 0 Å². The standard InChI is InChI=1S/C10H15NO2/c1-4-6-9(5-2)10(13)8(3)11-7-12/h4-8,10,13H,1-2H2,3H3,(H,11,12)/b9-6+. The van der Waals surface area contributed by atoms with Crippen LogP contribution in [0.4, 0.5) is 0 Å². The number of carbonyl (C=O) groups excluding carboxylic acids is 1. The lowest BCUT2D eigenvalue weighted by atomic mass is 10.0. The van der Waals surface area contributed by atoms with Crippen LogP contribution in [0.3, 0.4) is 0 Å². The SMILES string of the molecule is C=C/C=C(\C=C)C(O)C(C)NC=O. The number of hydrogen-bond donors (Lipinski definition) is 2. The minimum absolute atomic E-state index is 0.332. The fourth-order valence-corrected chi connectivity index (χ4v) is 0.911. The molecule has 2 atom stereocenters. The zero-order valence-corrected chi connectivity index (χ0v) is 7.73. The summed E-state index contributed by atoms with van der Waals surface area (Å²) in [7, 11) is 0. The molecule has 0 aliphatic carbocycles. The first kappa shape index (κ1) is 11.6. The van der Waals surface area contributed by atoms with E-state index in [1.54, 1.807) is 19.1 Å². The molecule has 0 aromatic rings. The summed E-state index contributed by atoms with van der Waals surface area (Å²) in [6, 6.07) is -0.332. The Balaban J connectivity index is 4.43. The monoisotopic (exact) mass is 181 g/mol. The number of allylic oxidation sites excluding steroid dienone is 2. The Labute approximate surface area is 78.5 Å². The number of aliphatic hydroxyl groups excluding tert-OH is 1. The van der Waals surface area contributed by atoms with Crippen molar-refractivity contribution in [2.45, 2.75) is 19.1 Å². The molecule has 0 aromatic carbocycles. The Morgan fingerprint density at radius 2 is 2.15 bits per heavy atom. The quantitative estimate of drug-likeness (QED) is 0.470. The van der Waals surface area contributed by atoms with E-state index in [1.165, 1.54) is 6.08 Å². The van der Waals surface area contributed by atoms with Crippen LogP contribution in [0.5, 0.6) is 0 Å². The summed E-state index contributed by atoms with van der Waals surface area (Å²) < 4.78 is 0. The predicted molar refractivity (Wildman–Crippen MR) is 53.1 cm³/mol. The van der Waals surface area contributed by atoms with Crippen molar-refractivity contribution in [3.8, 4) is 0 Å². The summed E-state index contributed by atoms with van der Waals surface area (Å²) in [6.07, 6.45) is 4.56. The largest absolute Gasteiger partial charge is 0.386 e. The molecule has 72 valence electrons. The minimum Gasteiger partial charge on any atom is -0.386 e. The molecule has 13 heavy (non-hydrogen) atoms. The van der Waals surface area contributed by atoms with E-state index in [4.69, 9.17) is 0 Å². The van der Waals surface area contributed by atoms with Gasteiger partial charge in [0.1, 0.15) is 0 Å². The lowest BCUT2D eigenvalue weighted by Gasteiger charge is -2.18. The van der Waals surface area contributed by atoms with Crippen molar-refractivity contribution in [3.05, 3.63) is 37.0 Å². The van der Waals surface area contributed by atoms with Gasteiger partial charge in [-0.25, -0.2) is 0 Å². The molecule has 0 aromatic heterocycles. The van der Waals surface area contributed by atoms with Gasteiger partial charge in [0.15, 0.2) is 0 Å². The summed E-state index contributed by atoms with van der Waals surface area (Å²) in [4.78, 5) is 10.1. The molecule has 0 bridgehead atoms. The summed E-state index contributed by atoms with van der Waals surface area (Å²) in [6.45, 7) is 8.77. The third-order valence-electron chi connectivity index (χ3n) is 1.69. The number of carbonyl (C=O) groups is 1. The van der Waals surface area contributed by atoms with Crippen LogP contribution in [-0.4, -0.2) is 23.7 Å². The van der Waals surface area contributed by atoms with E-state index in [1.807, 2.05) is 0 Å². The van der Waals surface area contributed by atoms with Gasteiger partial charge in [-0.2, -0.15) is 0 Å². The van der Waals surface area contributed by atoms with Crippen LogP contribution in [-0.2, 0) is 4.79 Å². The zero-order chi connectivity index (χ0) is 10.3. The highest BCUT2D eigenvalue weighted by atomic mass is 16.3. The summed E-state index contributed by atoms with van der Waals surface area (Å²) in [5.41, 5.74) is 0.636. The van der Waals surface area contributed by atoms with Crippen LogP contribution < -0.4 is 5.32 Å². The van der Waals surface area contributed by atoms with Crippen LogP contribution in [0.1, 0.15) is 6.92 Å². The summed E-state index contributed by atoms with van der Waals surface area (Å²) >= 11 is 0. The number of hydrogen-bond acceptors (Lipinski definition) is 2. The molecule has 0 rings (SSSR count). The van der Waals surface area contributed by atoms with Gasteiger partial charge in [0.05, 0.1) is 12.1 Å². The maximum absolute atomic E-state index is 10.1. The smallest absolute Gasteiger partial charge is 0.207 e. The lowest BCUT2D eigenvalue weighted by molar-refractivity contribution is -0.110. The van der Waals surface area contributed by atoms with Crippen molar-refractivity contribution in [2.75, 3.05) is 0 Å². The molecule has 0 radical (unpaired) electrons. The number of aliphatic hydroxyl groups is 1. The molecule has 0 saturated heterocycles. The van der Waals surface area contributed by atoms with Crippen molar-refractivity contribution in [1.29, 1.82) is 0 Å². The molecular formula is C10H15NO2. The molecule has 1 amide bonds.